The number of aromatic nitrogens is 2. The van der Waals surface area contributed by atoms with Crippen LogP contribution in [-0.2, 0) is 4.79 Å². The van der Waals surface area contributed by atoms with Gasteiger partial charge in [-0.3, -0.25) is 9.69 Å². The van der Waals surface area contributed by atoms with Gasteiger partial charge in [-0.25, -0.2) is 14.2 Å². The van der Waals surface area contributed by atoms with Gasteiger partial charge in [0, 0.05) is 15.1 Å². The molecule has 1 aliphatic heterocycles. The van der Waals surface area contributed by atoms with Crippen molar-refractivity contribution in [2.75, 3.05) is 0 Å². The normalized spacial score (nSPS) is 20.1. The Balaban J connectivity index is 1.59. The van der Waals surface area contributed by atoms with Crippen LogP contribution in [0.5, 0.6) is 0 Å². The minimum Gasteiger partial charge on any atom is -0.340 e. The minimum absolute atomic E-state index is 0.203. The number of benzene rings is 2. The minimum atomic E-state index is -0.650. The average Bonchev–Trinajstić information content (AvgIpc) is 3.51. The third-order valence-electron chi connectivity index (χ3n) is 6.56. The second kappa shape index (κ2) is 8.55. The number of aryl methyl sites for hydroxylation is 1. The number of H-pyrrole nitrogens is 1. The first kappa shape index (κ1) is 22.1. The van der Waals surface area contributed by atoms with Crippen LogP contribution in [0.25, 0.3) is 11.3 Å². The Kier molecular flexibility index (Phi) is 5.72. The molecule has 8 heteroatoms. The molecule has 0 unspecified atom stereocenters. The summed E-state index contributed by atoms with van der Waals surface area (Å²) in [4.78, 5) is 35.6. The molecule has 5 rings (SSSR count). The van der Waals surface area contributed by atoms with Crippen molar-refractivity contribution in [1.29, 1.82) is 0 Å². The molecule has 2 fully saturated rings. The molecular formula is C25H24FIN4O2. The number of nitrogens with one attached hydrogen (secondary N) is 2. The van der Waals surface area contributed by atoms with Crippen molar-refractivity contribution in [3.05, 3.63) is 75.0 Å². The van der Waals surface area contributed by atoms with Crippen molar-refractivity contribution in [2.45, 2.75) is 44.7 Å². The van der Waals surface area contributed by atoms with Gasteiger partial charge in [0.15, 0.2) is 0 Å². The van der Waals surface area contributed by atoms with E-state index in [9.17, 15) is 14.0 Å². The monoisotopic (exact) mass is 558 g/mol. The molecule has 1 saturated heterocycles. The van der Waals surface area contributed by atoms with Crippen LogP contribution in [0.1, 0.15) is 48.8 Å². The summed E-state index contributed by atoms with van der Waals surface area (Å²) in [6.07, 6.45) is 1.89. The Labute approximate surface area is 205 Å². The van der Waals surface area contributed by atoms with Crippen LogP contribution in [0.4, 0.5) is 9.18 Å². The highest BCUT2D eigenvalue weighted by Gasteiger charge is 2.50. The molecule has 2 N–H and O–H groups in total. The molecule has 3 atom stereocenters. The van der Waals surface area contributed by atoms with E-state index in [0.29, 0.717) is 22.8 Å². The average molecular weight is 558 g/mol. The molecule has 1 aromatic heterocycles. The molecule has 33 heavy (non-hydrogen) atoms. The van der Waals surface area contributed by atoms with Crippen LogP contribution < -0.4 is 5.32 Å². The summed E-state index contributed by atoms with van der Waals surface area (Å²) in [5, 5.41) is 2.88. The Morgan fingerprint density at radius 3 is 2.55 bits per heavy atom. The van der Waals surface area contributed by atoms with E-state index in [1.54, 1.807) is 13.0 Å². The van der Waals surface area contributed by atoms with Crippen LogP contribution in [0.3, 0.4) is 0 Å². The zero-order valence-corrected chi connectivity index (χ0v) is 20.5. The number of carbonyl (C=O) groups excluding carboxylic acids is 2. The molecule has 2 aromatic carbocycles. The molecule has 0 radical (unpaired) electrons. The molecule has 1 aliphatic carbocycles. The van der Waals surface area contributed by atoms with Crippen LogP contribution >= 0.6 is 22.6 Å². The largest absolute Gasteiger partial charge is 0.340 e. The van der Waals surface area contributed by atoms with E-state index in [0.717, 1.165) is 22.0 Å². The number of nitrogens with zero attached hydrogens (tertiary/aromatic N) is 2. The Morgan fingerprint density at radius 2 is 1.88 bits per heavy atom. The Bertz CT molecular complexity index is 1220. The van der Waals surface area contributed by atoms with Crippen LogP contribution in [0, 0.1) is 22.2 Å². The fraction of sp³-hybridized carbons (Fsp3) is 0.320. The Hall–Kier alpha value is -2.75. The lowest BCUT2D eigenvalue weighted by Gasteiger charge is -2.29. The smallest absolute Gasteiger partial charge is 0.325 e. The summed E-state index contributed by atoms with van der Waals surface area (Å²) >= 11 is 2.07. The van der Waals surface area contributed by atoms with Crippen molar-refractivity contribution in [2.24, 2.45) is 5.92 Å². The standard InChI is InChI=1S/C25H24FIN4O2/c1-13(15-6-4-3-5-7-15)22(31-24(32)21(16-8-9-16)30-25(31)33)23-28-14(2)20(29-23)18-11-10-17(27)12-19(18)26/h3-7,10-13,16,21-22H,8-9H2,1-2H3,(H,28,29)(H,30,33)/t13-,21-,22+/m1/s1. The van der Waals surface area contributed by atoms with Gasteiger partial charge in [0.1, 0.15) is 23.7 Å². The summed E-state index contributed by atoms with van der Waals surface area (Å²) < 4.78 is 15.5. The second-order valence-electron chi connectivity index (χ2n) is 8.82. The maximum absolute atomic E-state index is 14.7. The first-order chi connectivity index (χ1) is 15.8. The molecule has 1 saturated carbocycles. The third-order valence-corrected chi connectivity index (χ3v) is 7.23. The number of amides is 3. The van der Waals surface area contributed by atoms with Gasteiger partial charge in [0.05, 0.1) is 11.4 Å². The van der Waals surface area contributed by atoms with Gasteiger partial charge < -0.3 is 10.3 Å². The van der Waals surface area contributed by atoms with E-state index in [2.05, 4.69) is 32.9 Å². The summed E-state index contributed by atoms with van der Waals surface area (Å²) in [7, 11) is 0. The van der Waals surface area contributed by atoms with Gasteiger partial charge in [-0.15, -0.1) is 0 Å². The SMILES string of the molecule is Cc1nc([C@H]([C@H](C)c2ccccc2)N2C(=O)N[C@H](C3CC3)C2=O)[nH]c1-c1ccc(I)cc1F. The first-order valence-corrected chi connectivity index (χ1v) is 12.1. The number of hydrogen-bond donors (Lipinski definition) is 2. The van der Waals surface area contributed by atoms with Gasteiger partial charge in [-0.1, -0.05) is 37.3 Å². The molecule has 6 nitrogen and oxygen atoms in total. The second-order valence-corrected chi connectivity index (χ2v) is 10.1. The first-order valence-electron chi connectivity index (χ1n) is 11.1. The van der Waals surface area contributed by atoms with E-state index in [1.807, 2.05) is 43.3 Å². The molecule has 2 aliphatic rings. The van der Waals surface area contributed by atoms with Crippen molar-refractivity contribution in [3.63, 3.8) is 0 Å². The molecule has 0 spiro atoms. The Morgan fingerprint density at radius 1 is 1.15 bits per heavy atom. The van der Waals surface area contributed by atoms with Gasteiger partial charge >= 0.3 is 6.03 Å². The van der Waals surface area contributed by atoms with Crippen LogP contribution in [0.2, 0.25) is 0 Å². The zero-order valence-electron chi connectivity index (χ0n) is 18.3. The lowest BCUT2D eigenvalue weighted by Crippen LogP contribution is -2.38. The number of aromatic amines is 1. The third kappa shape index (κ3) is 4.05. The van der Waals surface area contributed by atoms with Crippen molar-refractivity contribution < 1.29 is 14.0 Å². The van der Waals surface area contributed by atoms with Gasteiger partial charge in [-0.05, 0) is 72.0 Å². The number of hydrogen-bond acceptors (Lipinski definition) is 3. The van der Waals surface area contributed by atoms with Gasteiger partial charge in [0.25, 0.3) is 5.91 Å². The molecular weight excluding hydrogens is 534 g/mol. The topological polar surface area (TPSA) is 78.1 Å². The molecule has 3 amide bonds. The highest BCUT2D eigenvalue weighted by molar-refractivity contribution is 14.1. The van der Waals surface area contributed by atoms with Gasteiger partial charge in [-0.2, -0.15) is 0 Å². The van der Waals surface area contributed by atoms with Gasteiger partial charge in [0.2, 0.25) is 0 Å². The van der Waals surface area contributed by atoms with Crippen molar-refractivity contribution in [3.8, 4) is 11.3 Å². The predicted octanol–water partition coefficient (Wildman–Crippen LogP) is 5.30. The fourth-order valence-corrected chi connectivity index (χ4v) is 5.08. The molecule has 2 heterocycles. The molecule has 0 bridgehead atoms. The van der Waals surface area contributed by atoms with E-state index in [1.165, 1.54) is 11.0 Å². The lowest BCUT2D eigenvalue weighted by atomic mass is 9.91. The van der Waals surface area contributed by atoms with E-state index in [-0.39, 0.29) is 23.6 Å². The molecule has 170 valence electrons. The number of urea groups is 1. The molecule has 3 aromatic rings. The van der Waals surface area contributed by atoms with Crippen LogP contribution in [-0.4, -0.2) is 32.8 Å². The maximum Gasteiger partial charge on any atom is 0.325 e. The summed E-state index contributed by atoms with van der Waals surface area (Å²) in [6, 6.07) is 13.2. The van der Waals surface area contributed by atoms with Crippen molar-refractivity contribution >= 4 is 34.5 Å². The fourth-order valence-electron chi connectivity index (χ4n) is 4.63. The van der Waals surface area contributed by atoms with E-state index in [4.69, 9.17) is 4.98 Å². The maximum atomic E-state index is 14.7. The summed E-state index contributed by atoms with van der Waals surface area (Å²) in [5.74, 6) is -0.118. The highest BCUT2D eigenvalue weighted by Crippen LogP contribution is 2.41. The number of imidazole rings is 1. The zero-order chi connectivity index (χ0) is 23.3. The number of rotatable bonds is 6. The summed E-state index contributed by atoms with van der Waals surface area (Å²) in [5.41, 5.74) is 2.55. The lowest BCUT2D eigenvalue weighted by molar-refractivity contribution is -0.130. The number of carbonyl (C=O) groups is 2. The quantitative estimate of drug-likeness (QED) is 0.318. The number of halogens is 2. The van der Waals surface area contributed by atoms with Crippen LogP contribution in [0.15, 0.2) is 48.5 Å². The van der Waals surface area contributed by atoms with E-state index >= 15 is 0 Å². The van der Waals surface area contributed by atoms with E-state index < -0.39 is 18.1 Å². The highest BCUT2D eigenvalue weighted by atomic mass is 127. The predicted molar refractivity (Wildman–Crippen MR) is 131 cm³/mol. The number of imide groups is 1. The summed E-state index contributed by atoms with van der Waals surface area (Å²) in [6.45, 7) is 3.78. The van der Waals surface area contributed by atoms with Crippen molar-refractivity contribution in [1.82, 2.24) is 20.2 Å².